The molecule has 116 valence electrons. The van der Waals surface area contributed by atoms with Crippen LogP contribution in [0.5, 0.6) is 0 Å². The molecule has 2 aromatic carbocycles. The molecule has 3 rings (SSSR count). The lowest BCUT2D eigenvalue weighted by molar-refractivity contribution is -0.255. The van der Waals surface area contributed by atoms with E-state index < -0.39 is 11.2 Å². The Morgan fingerprint density at radius 3 is 2.39 bits per heavy atom. The highest BCUT2D eigenvalue weighted by Gasteiger charge is 2.40. The molecule has 23 heavy (non-hydrogen) atoms. The summed E-state index contributed by atoms with van der Waals surface area (Å²) in [6.45, 7) is 0. The first-order valence-electron chi connectivity index (χ1n) is 6.97. The summed E-state index contributed by atoms with van der Waals surface area (Å²) in [5.41, 5.74) is 0.551. The third-order valence-corrected chi connectivity index (χ3v) is 4.76. The number of benzene rings is 2. The Balaban J connectivity index is 1.85. The number of carboxylic acids is 1. The predicted molar refractivity (Wildman–Crippen MR) is 84.0 cm³/mol. The number of carbonyl (C=O) groups excluding carboxylic acids is 3. The normalized spacial score (nSPS) is 17.6. The van der Waals surface area contributed by atoms with Crippen LogP contribution in [-0.2, 0) is 9.59 Å². The number of nitrogens with zero attached hydrogens (tertiary/aromatic N) is 1. The van der Waals surface area contributed by atoms with Crippen molar-refractivity contribution < 1.29 is 19.5 Å². The standard InChI is InChI=1S/C17H13NO4S/c19-15-10-14(16(20)18(15)11-6-2-1-3-7-11)23-13-9-5-4-8-12(13)17(21)22/h1-9,14H,10H2,(H,21,22)/p-1/t14-/m0/s1. The molecule has 1 saturated heterocycles. The SMILES string of the molecule is O=C([O-])c1ccccc1S[C@H]1CC(=O)N(c2ccccc2)C1=O. The van der Waals surface area contributed by atoms with E-state index in [0.717, 1.165) is 16.7 Å². The molecule has 0 aliphatic carbocycles. The van der Waals surface area contributed by atoms with Gasteiger partial charge in [-0.15, -0.1) is 11.8 Å². The van der Waals surface area contributed by atoms with Crippen molar-refractivity contribution in [3.8, 4) is 0 Å². The fraction of sp³-hybridized carbons (Fsp3) is 0.118. The minimum Gasteiger partial charge on any atom is -0.545 e. The molecular weight excluding hydrogens is 314 g/mol. The van der Waals surface area contributed by atoms with Gasteiger partial charge in [0.1, 0.15) is 0 Å². The van der Waals surface area contributed by atoms with E-state index in [1.165, 1.54) is 6.07 Å². The van der Waals surface area contributed by atoms with Crippen LogP contribution in [0.4, 0.5) is 5.69 Å². The van der Waals surface area contributed by atoms with Crippen molar-refractivity contribution in [2.45, 2.75) is 16.6 Å². The van der Waals surface area contributed by atoms with Crippen LogP contribution in [0, 0.1) is 0 Å². The number of aromatic carboxylic acids is 1. The maximum atomic E-state index is 12.5. The topological polar surface area (TPSA) is 77.5 Å². The van der Waals surface area contributed by atoms with Gasteiger partial charge in [0.25, 0.3) is 0 Å². The number of anilines is 1. The Labute approximate surface area is 136 Å². The van der Waals surface area contributed by atoms with Gasteiger partial charge in [-0.25, -0.2) is 4.90 Å². The van der Waals surface area contributed by atoms with Crippen LogP contribution in [0.1, 0.15) is 16.8 Å². The highest BCUT2D eigenvalue weighted by molar-refractivity contribution is 8.00. The summed E-state index contributed by atoms with van der Waals surface area (Å²) < 4.78 is 0. The summed E-state index contributed by atoms with van der Waals surface area (Å²) in [7, 11) is 0. The molecule has 1 aliphatic heterocycles. The first-order chi connectivity index (χ1) is 11.1. The fourth-order valence-corrected chi connectivity index (χ4v) is 3.61. The van der Waals surface area contributed by atoms with Gasteiger partial charge in [0.2, 0.25) is 11.8 Å². The Bertz CT molecular complexity index is 775. The highest BCUT2D eigenvalue weighted by Crippen LogP contribution is 2.35. The molecule has 0 bridgehead atoms. The van der Waals surface area contributed by atoms with Crippen LogP contribution in [-0.4, -0.2) is 23.0 Å². The molecule has 0 saturated carbocycles. The van der Waals surface area contributed by atoms with E-state index >= 15 is 0 Å². The van der Waals surface area contributed by atoms with Gasteiger partial charge in [0.05, 0.1) is 16.9 Å². The van der Waals surface area contributed by atoms with Crippen molar-refractivity contribution in [3.63, 3.8) is 0 Å². The Hall–Kier alpha value is -2.60. The van der Waals surface area contributed by atoms with E-state index in [4.69, 9.17) is 0 Å². The largest absolute Gasteiger partial charge is 0.545 e. The van der Waals surface area contributed by atoms with Crippen molar-refractivity contribution >= 4 is 35.2 Å². The number of para-hydroxylation sites is 1. The van der Waals surface area contributed by atoms with Crippen LogP contribution in [0.3, 0.4) is 0 Å². The number of carbonyl (C=O) groups is 3. The van der Waals surface area contributed by atoms with Crippen molar-refractivity contribution in [1.82, 2.24) is 0 Å². The van der Waals surface area contributed by atoms with Crippen molar-refractivity contribution in [2.75, 3.05) is 4.90 Å². The second-order valence-corrected chi connectivity index (χ2v) is 6.24. The number of imide groups is 1. The van der Waals surface area contributed by atoms with E-state index in [1.807, 2.05) is 0 Å². The molecule has 5 nitrogen and oxygen atoms in total. The smallest absolute Gasteiger partial charge is 0.247 e. The Morgan fingerprint density at radius 2 is 1.70 bits per heavy atom. The quantitative estimate of drug-likeness (QED) is 0.795. The molecule has 6 heteroatoms. The number of carboxylic acid groups (broad SMARTS) is 1. The van der Waals surface area contributed by atoms with Gasteiger partial charge in [-0.1, -0.05) is 36.4 Å². The van der Waals surface area contributed by atoms with E-state index in [9.17, 15) is 19.5 Å². The fourth-order valence-electron chi connectivity index (χ4n) is 2.44. The zero-order valence-electron chi connectivity index (χ0n) is 12.0. The number of hydrogen-bond acceptors (Lipinski definition) is 5. The molecule has 2 aromatic rings. The second kappa shape index (κ2) is 6.26. The predicted octanol–water partition coefficient (Wildman–Crippen LogP) is 1.47. The van der Waals surface area contributed by atoms with E-state index in [2.05, 4.69) is 0 Å². The zero-order chi connectivity index (χ0) is 16.4. The Kier molecular flexibility index (Phi) is 4.16. The minimum absolute atomic E-state index is 0.0240. The van der Waals surface area contributed by atoms with Crippen molar-refractivity contribution in [1.29, 1.82) is 0 Å². The van der Waals surface area contributed by atoms with Crippen LogP contribution >= 0.6 is 11.8 Å². The molecule has 0 aromatic heterocycles. The molecule has 0 unspecified atom stereocenters. The second-order valence-electron chi connectivity index (χ2n) is 5.00. The molecule has 2 amide bonds. The number of rotatable bonds is 4. The highest BCUT2D eigenvalue weighted by atomic mass is 32.2. The molecule has 0 spiro atoms. The van der Waals surface area contributed by atoms with E-state index in [1.54, 1.807) is 48.5 Å². The van der Waals surface area contributed by atoms with Gasteiger partial charge in [0.15, 0.2) is 0 Å². The maximum Gasteiger partial charge on any atom is 0.247 e. The number of hydrogen-bond donors (Lipinski definition) is 0. The molecule has 1 aliphatic rings. The van der Waals surface area contributed by atoms with Crippen LogP contribution in [0.25, 0.3) is 0 Å². The van der Waals surface area contributed by atoms with Gasteiger partial charge in [-0.05, 0) is 18.2 Å². The third-order valence-electron chi connectivity index (χ3n) is 3.50. The molecule has 1 atom stereocenters. The van der Waals surface area contributed by atoms with Crippen LogP contribution in [0.15, 0.2) is 59.5 Å². The van der Waals surface area contributed by atoms with Crippen molar-refractivity contribution in [2.24, 2.45) is 0 Å². The molecule has 0 N–H and O–H groups in total. The molecule has 1 fully saturated rings. The van der Waals surface area contributed by atoms with Gasteiger partial charge in [-0.3, -0.25) is 9.59 Å². The van der Waals surface area contributed by atoms with E-state index in [-0.39, 0.29) is 23.8 Å². The lowest BCUT2D eigenvalue weighted by Gasteiger charge is -2.15. The van der Waals surface area contributed by atoms with Crippen LogP contribution < -0.4 is 10.0 Å². The first-order valence-corrected chi connectivity index (χ1v) is 7.85. The zero-order valence-corrected chi connectivity index (χ0v) is 12.8. The van der Waals surface area contributed by atoms with Crippen molar-refractivity contribution in [3.05, 3.63) is 60.2 Å². The third kappa shape index (κ3) is 2.98. The van der Waals surface area contributed by atoms with Crippen LogP contribution in [0.2, 0.25) is 0 Å². The molecule has 0 radical (unpaired) electrons. The van der Waals surface area contributed by atoms with E-state index in [0.29, 0.717) is 10.6 Å². The average molecular weight is 326 g/mol. The maximum absolute atomic E-state index is 12.5. The minimum atomic E-state index is -1.30. The molecular formula is C17H12NO4S-. The number of thioether (sulfide) groups is 1. The number of amides is 2. The first kappa shape index (κ1) is 15.3. The summed E-state index contributed by atoms with van der Waals surface area (Å²) in [6, 6.07) is 15.0. The summed E-state index contributed by atoms with van der Waals surface area (Å²) in [4.78, 5) is 37.4. The van der Waals surface area contributed by atoms with Gasteiger partial charge in [0, 0.05) is 16.9 Å². The van der Waals surface area contributed by atoms with Gasteiger partial charge < -0.3 is 9.90 Å². The summed E-state index contributed by atoms with van der Waals surface area (Å²) in [6.07, 6.45) is 0.0414. The monoisotopic (exact) mass is 326 g/mol. The summed E-state index contributed by atoms with van der Waals surface area (Å²) >= 11 is 1.08. The summed E-state index contributed by atoms with van der Waals surface area (Å²) in [5.74, 6) is -1.92. The molecule has 1 heterocycles. The summed E-state index contributed by atoms with van der Waals surface area (Å²) in [5, 5.41) is 10.5. The lowest BCUT2D eigenvalue weighted by Crippen LogP contribution is -2.31. The average Bonchev–Trinajstić information content (AvgIpc) is 2.82. The lowest BCUT2D eigenvalue weighted by atomic mass is 10.2. The van der Waals surface area contributed by atoms with Gasteiger partial charge in [-0.2, -0.15) is 0 Å². The van der Waals surface area contributed by atoms with Gasteiger partial charge >= 0.3 is 0 Å². The Morgan fingerprint density at radius 1 is 1.04 bits per heavy atom.